The molecule has 0 aliphatic heterocycles. The Morgan fingerprint density at radius 2 is 1.14 bits per heavy atom. The molecule has 0 N–H and O–H groups in total. The smallest absolute Gasteiger partial charge is 0.0444 e. The first-order chi connectivity index (χ1) is 10.0. The molecule has 0 saturated carbocycles. The zero-order valence-electron chi connectivity index (χ0n) is 15.4. The summed E-state index contributed by atoms with van der Waals surface area (Å²) < 4.78 is 0. The number of halogens is 1. The molecular formula is C20H41Cl. The Morgan fingerprint density at radius 3 is 1.67 bits per heavy atom. The van der Waals surface area contributed by atoms with Crippen LogP contribution in [0.2, 0.25) is 0 Å². The molecule has 0 nitrogen and oxygen atoms in total. The predicted molar refractivity (Wildman–Crippen MR) is 99.4 cm³/mol. The molecule has 128 valence electrons. The van der Waals surface area contributed by atoms with Gasteiger partial charge in [0.15, 0.2) is 0 Å². The van der Waals surface area contributed by atoms with Gasteiger partial charge in [-0.25, -0.2) is 0 Å². The largest absolute Gasteiger partial charge is 0.119 e. The highest BCUT2D eigenvalue weighted by molar-refractivity contribution is 6.23. The summed E-state index contributed by atoms with van der Waals surface area (Å²) >= 11 is 6.79. The van der Waals surface area contributed by atoms with Crippen molar-refractivity contribution in [3.8, 4) is 0 Å². The molecule has 0 aliphatic rings. The molecule has 0 aliphatic carbocycles. The van der Waals surface area contributed by atoms with E-state index in [-0.39, 0.29) is 4.87 Å². The summed E-state index contributed by atoms with van der Waals surface area (Å²) in [5.41, 5.74) is 0. The molecule has 2 atom stereocenters. The zero-order chi connectivity index (χ0) is 16.0. The van der Waals surface area contributed by atoms with E-state index in [4.69, 9.17) is 11.6 Å². The Hall–Kier alpha value is 0.290. The van der Waals surface area contributed by atoms with Crippen LogP contribution < -0.4 is 0 Å². The maximum absolute atomic E-state index is 6.79. The molecule has 0 fully saturated rings. The Balaban J connectivity index is 3.61. The van der Waals surface area contributed by atoms with E-state index in [1.54, 1.807) is 0 Å². The second-order valence-electron chi connectivity index (χ2n) is 7.25. The molecule has 0 heterocycles. The van der Waals surface area contributed by atoms with Gasteiger partial charge >= 0.3 is 0 Å². The third kappa shape index (κ3) is 12.5. The van der Waals surface area contributed by atoms with Gasteiger partial charge in [-0.1, -0.05) is 97.8 Å². The van der Waals surface area contributed by atoms with Crippen molar-refractivity contribution in [3.63, 3.8) is 0 Å². The van der Waals surface area contributed by atoms with Crippen LogP contribution in [0.15, 0.2) is 0 Å². The Morgan fingerprint density at radius 1 is 0.714 bits per heavy atom. The maximum Gasteiger partial charge on any atom is 0.0444 e. The number of hydrogen-bond acceptors (Lipinski definition) is 0. The van der Waals surface area contributed by atoms with Crippen LogP contribution in [0.3, 0.4) is 0 Å². The minimum absolute atomic E-state index is 0.0220. The topological polar surface area (TPSA) is 0 Å². The van der Waals surface area contributed by atoms with Crippen LogP contribution in [0.5, 0.6) is 0 Å². The lowest BCUT2D eigenvalue weighted by molar-refractivity contribution is 0.350. The number of hydrogen-bond donors (Lipinski definition) is 0. The summed E-state index contributed by atoms with van der Waals surface area (Å²) in [6, 6.07) is 0. The minimum atomic E-state index is 0.0220. The van der Waals surface area contributed by atoms with Crippen molar-refractivity contribution >= 4 is 11.6 Å². The molecule has 21 heavy (non-hydrogen) atoms. The second-order valence-corrected chi connectivity index (χ2v) is 8.12. The monoisotopic (exact) mass is 316 g/mol. The highest BCUT2D eigenvalue weighted by Crippen LogP contribution is 2.34. The summed E-state index contributed by atoms with van der Waals surface area (Å²) in [4.78, 5) is 0.0220. The van der Waals surface area contributed by atoms with E-state index in [1.807, 2.05) is 0 Å². The quantitative estimate of drug-likeness (QED) is 0.211. The SMILES string of the molecule is CCCCCCCCC(C)C(C)(Cl)CCCCCCCC. The predicted octanol–water partition coefficient (Wildman–Crippen LogP) is 8.12. The van der Waals surface area contributed by atoms with E-state index < -0.39 is 0 Å². The molecule has 0 spiro atoms. The molecule has 1 heteroatoms. The molecule has 2 unspecified atom stereocenters. The molecule has 0 aromatic carbocycles. The van der Waals surface area contributed by atoms with E-state index in [2.05, 4.69) is 27.7 Å². The first-order valence-corrected chi connectivity index (χ1v) is 10.1. The molecule has 0 aromatic heterocycles. The molecule has 0 saturated heterocycles. The van der Waals surface area contributed by atoms with Gasteiger partial charge in [-0.2, -0.15) is 0 Å². The number of unbranched alkanes of at least 4 members (excludes halogenated alkanes) is 10. The average molecular weight is 317 g/mol. The lowest BCUT2D eigenvalue weighted by atomic mass is 9.86. The molecular weight excluding hydrogens is 276 g/mol. The standard InChI is InChI=1S/C20H41Cl/c1-5-7-9-11-13-15-17-19(3)20(4,21)18-16-14-12-10-8-6-2/h19H,5-18H2,1-4H3. The van der Waals surface area contributed by atoms with Crippen LogP contribution in [0.4, 0.5) is 0 Å². The van der Waals surface area contributed by atoms with Crippen molar-refractivity contribution < 1.29 is 0 Å². The van der Waals surface area contributed by atoms with Gasteiger partial charge in [-0.3, -0.25) is 0 Å². The second kappa shape index (κ2) is 13.9. The third-order valence-corrected chi connectivity index (χ3v) is 5.60. The maximum atomic E-state index is 6.79. The van der Waals surface area contributed by atoms with E-state index in [0.29, 0.717) is 5.92 Å². The van der Waals surface area contributed by atoms with Gasteiger partial charge in [-0.15, -0.1) is 11.6 Å². The summed E-state index contributed by atoms with van der Waals surface area (Å²) in [7, 11) is 0. The Kier molecular flexibility index (Phi) is 14.1. The summed E-state index contributed by atoms with van der Waals surface area (Å²) in [6.07, 6.45) is 19.0. The van der Waals surface area contributed by atoms with Gasteiger partial charge in [0.2, 0.25) is 0 Å². The van der Waals surface area contributed by atoms with Gasteiger partial charge in [0.05, 0.1) is 0 Å². The van der Waals surface area contributed by atoms with E-state index in [1.165, 1.54) is 89.9 Å². The summed E-state index contributed by atoms with van der Waals surface area (Å²) in [6.45, 7) is 9.18. The van der Waals surface area contributed by atoms with Crippen LogP contribution in [0, 0.1) is 5.92 Å². The van der Waals surface area contributed by atoms with Crippen LogP contribution >= 0.6 is 11.6 Å². The minimum Gasteiger partial charge on any atom is -0.119 e. The average Bonchev–Trinajstić information content (AvgIpc) is 2.46. The van der Waals surface area contributed by atoms with Crippen molar-refractivity contribution in [1.82, 2.24) is 0 Å². The number of alkyl halides is 1. The zero-order valence-corrected chi connectivity index (χ0v) is 16.1. The van der Waals surface area contributed by atoms with Gasteiger partial charge in [0.25, 0.3) is 0 Å². The first kappa shape index (κ1) is 21.3. The summed E-state index contributed by atoms with van der Waals surface area (Å²) in [5.74, 6) is 0.654. The van der Waals surface area contributed by atoms with Crippen molar-refractivity contribution in [3.05, 3.63) is 0 Å². The fourth-order valence-corrected chi connectivity index (χ4v) is 3.27. The lowest BCUT2D eigenvalue weighted by Gasteiger charge is -2.29. The molecule has 0 rings (SSSR count). The van der Waals surface area contributed by atoms with Crippen LogP contribution in [0.25, 0.3) is 0 Å². The molecule has 0 radical (unpaired) electrons. The fourth-order valence-electron chi connectivity index (χ4n) is 3.03. The normalized spacial score (nSPS) is 15.9. The van der Waals surface area contributed by atoms with E-state index >= 15 is 0 Å². The molecule has 0 amide bonds. The van der Waals surface area contributed by atoms with Crippen LogP contribution in [-0.2, 0) is 0 Å². The molecule has 0 aromatic rings. The van der Waals surface area contributed by atoms with E-state index in [0.717, 1.165) is 0 Å². The fraction of sp³-hybridized carbons (Fsp3) is 1.00. The lowest BCUT2D eigenvalue weighted by Crippen LogP contribution is -2.26. The Labute approximate surface area is 140 Å². The Bertz CT molecular complexity index is 210. The van der Waals surface area contributed by atoms with Gasteiger partial charge in [0.1, 0.15) is 0 Å². The van der Waals surface area contributed by atoms with Crippen LogP contribution in [-0.4, -0.2) is 4.87 Å². The number of rotatable bonds is 15. The first-order valence-electron chi connectivity index (χ1n) is 9.73. The van der Waals surface area contributed by atoms with Gasteiger partial charge in [0, 0.05) is 4.87 Å². The van der Waals surface area contributed by atoms with E-state index in [9.17, 15) is 0 Å². The van der Waals surface area contributed by atoms with Crippen molar-refractivity contribution in [1.29, 1.82) is 0 Å². The highest BCUT2D eigenvalue weighted by Gasteiger charge is 2.27. The van der Waals surface area contributed by atoms with Crippen molar-refractivity contribution in [2.24, 2.45) is 5.92 Å². The summed E-state index contributed by atoms with van der Waals surface area (Å²) in [5, 5.41) is 0. The third-order valence-electron chi connectivity index (χ3n) is 5.04. The highest BCUT2D eigenvalue weighted by atomic mass is 35.5. The van der Waals surface area contributed by atoms with Gasteiger partial charge in [-0.05, 0) is 25.7 Å². The van der Waals surface area contributed by atoms with Gasteiger partial charge < -0.3 is 0 Å². The van der Waals surface area contributed by atoms with Crippen LogP contribution in [0.1, 0.15) is 118 Å². The molecule has 0 bridgehead atoms. The van der Waals surface area contributed by atoms with Crippen molar-refractivity contribution in [2.75, 3.05) is 0 Å². The van der Waals surface area contributed by atoms with Crippen molar-refractivity contribution in [2.45, 2.75) is 122 Å².